The number of carboxylic acid groups (broad SMARTS) is 1. The summed E-state index contributed by atoms with van der Waals surface area (Å²) >= 11 is 0. The number of hydrogen-bond donors (Lipinski definition) is 2. The first-order chi connectivity index (χ1) is 8.25. The van der Waals surface area contributed by atoms with E-state index in [0.717, 1.165) is 0 Å². The third-order valence-corrected chi connectivity index (χ3v) is 2.43. The summed E-state index contributed by atoms with van der Waals surface area (Å²) in [6.07, 6.45) is -2.70. The van der Waals surface area contributed by atoms with Gasteiger partial charge in [0.15, 0.2) is 5.92 Å². The average Bonchev–Trinajstić information content (AvgIpc) is 2.56. The third-order valence-electron chi connectivity index (χ3n) is 2.43. The van der Waals surface area contributed by atoms with Crippen molar-refractivity contribution in [3.63, 3.8) is 0 Å². The summed E-state index contributed by atoms with van der Waals surface area (Å²) < 4.78 is 38.7. The number of rotatable bonds is 5. The molecule has 18 heavy (non-hydrogen) atoms. The number of carbonyl (C=O) groups is 1. The molecule has 0 aliphatic heterocycles. The van der Waals surface area contributed by atoms with Crippen LogP contribution < -0.4 is 5.32 Å². The molecule has 0 saturated heterocycles. The Labute approximate surface area is 102 Å². The Kier molecular flexibility index (Phi) is 4.20. The van der Waals surface area contributed by atoms with Crippen LogP contribution in [0.25, 0.3) is 0 Å². The Bertz CT molecular complexity index is 428. The molecule has 1 rings (SSSR count). The van der Waals surface area contributed by atoms with Gasteiger partial charge in [-0.15, -0.1) is 0 Å². The van der Waals surface area contributed by atoms with Crippen LogP contribution >= 0.6 is 0 Å². The van der Waals surface area contributed by atoms with Crippen molar-refractivity contribution in [2.45, 2.75) is 19.5 Å². The first-order valence-electron chi connectivity index (χ1n) is 5.31. The van der Waals surface area contributed by atoms with Gasteiger partial charge in [0.2, 0.25) is 0 Å². The molecule has 0 aliphatic carbocycles. The highest BCUT2D eigenvalue weighted by Gasteiger charge is 2.44. The molecule has 0 saturated carbocycles. The normalized spacial score (nSPS) is 13.4. The van der Waals surface area contributed by atoms with E-state index in [9.17, 15) is 18.0 Å². The van der Waals surface area contributed by atoms with E-state index < -0.39 is 24.6 Å². The zero-order valence-electron chi connectivity index (χ0n) is 9.95. The van der Waals surface area contributed by atoms with E-state index in [-0.39, 0.29) is 0 Å². The minimum absolute atomic E-state index is 0.426. The fourth-order valence-electron chi connectivity index (χ4n) is 1.50. The Morgan fingerprint density at radius 3 is 2.67 bits per heavy atom. The van der Waals surface area contributed by atoms with Crippen molar-refractivity contribution in [2.75, 3.05) is 11.9 Å². The van der Waals surface area contributed by atoms with Crippen molar-refractivity contribution in [2.24, 2.45) is 13.0 Å². The lowest BCUT2D eigenvalue weighted by molar-refractivity contribution is -0.190. The molecule has 8 heteroatoms. The molecule has 0 aliphatic rings. The summed E-state index contributed by atoms with van der Waals surface area (Å²) in [5, 5.41) is 15.1. The molecular weight excluding hydrogens is 251 g/mol. The van der Waals surface area contributed by atoms with Gasteiger partial charge in [0, 0.05) is 19.8 Å². The minimum atomic E-state index is -4.77. The smallest absolute Gasteiger partial charge is 0.403 e. The number of halogens is 3. The first kappa shape index (κ1) is 14.3. The minimum Gasteiger partial charge on any atom is -0.481 e. The molecular formula is C10H14F3N3O2. The number of nitrogens with zero attached hydrogens (tertiary/aromatic N) is 2. The van der Waals surface area contributed by atoms with Crippen LogP contribution in [0.5, 0.6) is 0 Å². The van der Waals surface area contributed by atoms with Gasteiger partial charge in [-0.25, -0.2) is 0 Å². The summed E-state index contributed by atoms with van der Waals surface area (Å²) in [5.41, 5.74) is 1.03. The molecule has 1 aromatic heterocycles. The Morgan fingerprint density at radius 1 is 1.61 bits per heavy atom. The van der Waals surface area contributed by atoms with Crippen molar-refractivity contribution < 1.29 is 23.1 Å². The molecule has 1 aromatic rings. The van der Waals surface area contributed by atoms with E-state index in [1.54, 1.807) is 7.05 Å². The number of anilines is 1. The standard InChI is InChI=1S/C10H14F3N3O2/c1-3-7-8(5-16(2)15-7)14-4-6(9(17)18)10(11,12)13/h5-6,14H,3-4H2,1-2H3,(H,17,18). The lowest BCUT2D eigenvalue weighted by Gasteiger charge is -2.16. The van der Waals surface area contributed by atoms with Gasteiger partial charge in [-0.2, -0.15) is 18.3 Å². The maximum Gasteiger partial charge on any atom is 0.403 e. The SMILES string of the molecule is CCc1nn(C)cc1NCC(C(=O)O)C(F)(F)F. The van der Waals surface area contributed by atoms with E-state index in [0.29, 0.717) is 17.8 Å². The van der Waals surface area contributed by atoms with Gasteiger partial charge < -0.3 is 10.4 Å². The second-order valence-electron chi connectivity index (χ2n) is 3.83. The second-order valence-corrected chi connectivity index (χ2v) is 3.83. The second kappa shape index (κ2) is 5.28. The van der Waals surface area contributed by atoms with Crippen LogP contribution in [0.1, 0.15) is 12.6 Å². The molecule has 0 aromatic carbocycles. The molecule has 5 nitrogen and oxygen atoms in total. The van der Waals surface area contributed by atoms with Crippen molar-refractivity contribution >= 4 is 11.7 Å². The Balaban J connectivity index is 2.76. The summed E-state index contributed by atoms with van der Waals surface area (Å²) in [4.78, 5) is 10.5. The number of carboxylic acids is 1. The summed E-state index contributed by atoms with van der Waals surface area (Å²) in [6.45, 7) is 1.10. The molecule has 0 amide bonds. The Morgan fingerprint density at radius 2 is 2.22 bits per heavy atom. The maximum atomic E-state index is 12.4. The van der Waals surface area contributed by atoms with Crippen LogP contribution in [0.15, 0.2) is 6.20 Å². The molecule has 1 atom stereocenters. The summed E-state index contributed by atoms with van der Waals surface area (Å²) in [5.74, 6) is -4.32. The van der Waals surface area contributed by atoms with Gasteiger partial charge >= 0.3 is 12.1 Å². The molecule has 102 valence electrons. The molecule has 0 radical (unpaired) electrons. The predicted molar refractivity (Wildman–Crippen MR) is 58.3 cm³/mol. The first-order valence-corrected chi connectivity index (χ1v) is 5.31. The maximum absolute atomic E-state index is 12.4. The van der Waals surface area contributed by atoms with Crippen LogP contribution in [-0.4, -0.2) is 33.6 Å². The van der Waals surface area contributed by atoms with Gasteiger partial charge in [0.25, 0.3) is 0 Å². The molecule has 2 N–H and O–H groups in total. The van der Waals surface area contributed by atoms with Gasteiger partial charge in [-0.3, -0.25) is 9.48 Å². The lowest BCUT2D eigenvalue weighted by atomic mass is 10.1. The van der Waals surface area contributed by atoms with Crippen LogP contribution in [0.2, 0.25) is 0 Å². The fourth-order valence-corrected chi connectivity index (χ4v) is 1.50. The molecule has 1 unspecified atom stereocenters. The van der Waals surface area contributed by atoms with E-state index in [4.69, 9.17) is 5.11 Å². The van der Waals surface area contributed by atoms with E-state index in [1.807, 2.05) is 6.92 Å². The zero-order valence-corrected chi connectivity index (χ0v) is 9.95. The highest BCUT2D eigenvalue weighted by molar-refractivity contribution is 5.71. The Hall–Kier alpha value is -1.73. The lowest BCUT2D eigenvalue weighted by Crippen LogP contribution is -2.36. The molecule has 0 spiro atoms. The number of nitrogens with one attached hydrogen (secondary N) is 1. The van der Waals surface area contributed by atoms with Crippen LogP contribution in [-0.2, 0) is 18.3 Å². The van der Waals surface area contributed by atoms with Crippen molar-refractivity contribution in [1.82, 2.24) is 9.78 Å². The number of aryl methyl sites for hydroxylation is 2. The molecule has 0 bridgehead atoms. The third kappa shape index (κ3) is 3.38. The number of aliphatic carboxylic acids is 1. The molecule has 0 fully saturated rings. The van der Waals surface area contributed by atoms with E-state index in [1.165, 1.54) is 10.9 Å². The van der Waals surface area contributed by atoms with Crippen molar-refractivity contribution in [3.05, 3.63) is 11.9 Å². The number of alkyl halides is 3. The van der Waals surface area contributed by atoms with Crippen LogP contribution in [0.4, 0.5) is 18.9 Å². The van der Waals surface area contributed by atoms with Gasteiger partial charge in [0.1, 0.15) is 0 Å². The highest BCUT2D eigenvalue weighted by Crippen LogP contribution is 2.27. The topological polar surface area (TPSA) is 67.2 Å². The van der Waals surface area contributed by atoms with Crippen LogP contribution in [0.3, 0.4) is 0 Å². The van der Waals surface area contributed by atoms with Crippen LogP contribution in [0, 0.1) is 5.92 Å². The van der Waals surface area contributed by atoms with E-state index >= 15 is 0 Å². The quantitative estimate of drug-likeness (QED) is 0.849. The fraction of sp³-hybridized carbons (Fsp3) is 0.600. The highest BCUT2D eigenvalue weighted by atomic mass is 19.4. The van der Waals surface area contributed by atoms with Crippen molar-refractivity contribution in [3.8, 4) is 0 Å². The zero-order chi connectivity index (χ0) is 13.9. The average molecular weight is 265 g/mol. The summed E-state index contributed by atoms with van der Waals surface area (Å²) in [6, 6.07) is 0. The van der Waals surface area contributed by atoms with E-state index in [2.05, 4.69) is 10.4 Å². The summed E-state index contributed by atoms with van der Waals surface area (Å²) in [7, 11) is 1.64. The monoisotopic (exact) mass is 265 g/mol. The predicted octanol–water partition coefficient (Wildman–Crippen LogP) is 1.66. The molecule has 1 heterocycles. The van der Waals surface area contributed by atoms with Gasteiger partial charge in [-0.1, -0.05) is 6.92 Å². The largest absolute Gasteiger partial charge is 0.481 e. The van der Waals surface area contributed by atoms with Gasteiger partial charge in [0.05, 0.1) is 11.4 Å². The number of hydrogen-bond acceptors (Lipinski definition) is 3. The number of aromatic nitrogens is 2. The van der Waals surface area contributed by atoms with Crippen molar-refractivity contribution in [1.29, 1.82) is 0 Å². The van der Waals surface area contributed by atoms with Gasteiger partial charge in [-0.05, 0) is 6.42 Å².